The maximum absolute atomic E-state index is 14.2. The van der Waals surface area contributed by atoms with Gasteiger partial charge in [0, 0.05) is 35.5 Å². The van der Waals surface area contributed by atoms with Crippen LogP contribution in [0.2, 0.25) is 0 Å². The van der Waals surface area contributed by atoms with Crippen LogP contribution in [0, 0.1) is 12.7 Å². The van der Waals surface area contributed by atoms with Gasteiger partial charge in [0.15, 0.2) is 21.2 Å². The van der Waals surface area contributed by atoms with E-state index in [1.807, 2.05) is 0 Å². The molecule has 0 saturated carbocycles. The number of oxazole rings is 1. The minimum Gasteiger partial charge on any atom is -0.405 e. The Balaban J connectivity index is 1.63. The zero-order valence-electron chi connectivity index (χ0n) is 15.9. The van der Waals surface area contributed by atoms with Crippen LogP contribution in [0.15, 0.2) is 56.7 Å². The lowest BCUT2D eigenvalue weighted by Gasteiger charge is -2.11. The molecule has 30 heavy (non-hydrogen) atoms. The molecule has 2 aromatic heterocycles. The van der Waals surface area contributed by atoms with E-state index in [2.05, 4.69) is 25.6 Å². The van der Waals surface area contributed by atoms with E-state index < -0.39 is 21.4 Å². The van der Waals surface area contributed by atoms with Crippen LogP contribution in [-0.2, 0) is 9.84 Å². The van der Waals surface area contributed by atoms with E-state index in [0.29, 0.717) is 22.8 Å². The molecule has 0 spiro atoms. The van der Waals surface area contributed by atoms with Crippen LogP contribution < -0.4 is 16.4 Å². The number of benzene rings is 2. The molecule has 0 aliphatic rings. The van der Waals surface area contributed by atoms with Crippen LogP contribution in [0.5, 0.6) is 0 Å². The van der Waals surface area contributed by atoms with E-state index in [1.54, 1.807) is 25.3 Å². The third kappa shape index (κ3) is 4.01. The Bertz CT molecular complexity index is 1430. The van der Waals surface area contributed by atoms with Crippen LogP contribution in [0.25, 0.3) is 11.1 Å². The summed E-state index contributed by atoms with van der Waals surface area (Å²) in [6, 6.07) is 8.97. The van der Waals surface area contributed by atoms with Gasteiger partial charge < -0.3 is 15.1 Å². The van der Waals surface area contributed by atoms with Crippen LogP contribution in [0.4, 0.5) is 27.5 Å². The molecule has 4 aromatic rings. The van der Waals surface area contributed by atoms with Crippen LogP contribution in [-0.4, -0.2) is 29.6 Å². The summed E-state index contributed by atoms with van der Waals surface area (Å²) in [5, 5.41) is 5.94. The SMILES string of the molecule is Cc1cnc(Nc2cccc(S(C)(=O)=O)c2)nc1Nc1cc(F)c2oc(=O)[nH]c2c1. The molecule has 0 aliphatic carbocycles. The quantitative estimate of drug-likeness (QED) is 0.441. The third-order valence-corrected chi connectivity index (χ3v) is 5.34. The summed E-state index contributed by atoms with van der Waals surface area (Å²) >= 11 is 0. The number of aromatic amines is 1. The van der Waals surface area contributed by atoms with Crippen molar-refractivity contribution in [2.45, 2.75) is 11.8 Å². The standard InChI is InChI=1S/C19H16FN5O4S/c1-10-9-21-18(23-11-4-3-5-13(6-11)30(2,27)28)25-17(10)22-12-7-14(20)16-15(8-12)24-19(26)29-16/h3-9H,1-2H3,(H,24,26)(H2,21,22,23,25). The Labute approximate surface area is 169 Å². The Kier molecular flexibility index (Phi) is 4.74. The van der Waals surface area contributed by atoms with Crippen molar-refractivity contribution >= 4 is 44.1 Å². The van der Waals surface area contributed by atoms with Gasteiger partial charge in [0.2, 0.25) is 5.95 Å². The number of aryl methyl sites for hydroxylation is 1. The van der Waals surface area contributed by atoms with Gasteiger partial charge in [-0.1, -0.05) is 6.07 Å². The maximum atomic E-state index is 14.2. The van der Waals surface area contributed by atoms with Crippen LogP contribution in [0.1, 0.15) is 5.56 Å². The molecule has 0 saturated heterocycles. The minimum atomic E-state index is -3.36. The minimum absolute atomic E-state index is 0.155. The molecule has 11 heteroatoms. The number of anilines is 4. The zero-order valence-corrected chi connectivity index (χ0v) is 16.7. The van der Waals surface area contributed by atoms with Gasteiger partial charge in [0.1, 0.15) is 5.82 Å². The summed E-state index contributed by atoms with van der Waals surface area (Å²) in [5.41, 5.74) is 1.59. The number of hydrogen-bond acceptors (Lipinski definition) is 8. The molecule has 0 unspecified atom stereocenters. The number of H-pyrrole nitrogens is 1. The predicted molar refractivity (Wildman–Crippen MR) is 110 cm³/mol. The third-order valence-electron chi connectivity index (χ3n) is 4.23. The van der Waals surface area contributed by atoms with E-state index in [4.69, 9.17) is 4.42 Å². The summed E-state index contributed by atoms with van der Waals surface area (Å²) < 4.78 is 42.4. The highest BCUT2D eigenvalue weighted by atomic mass is 32.2. The van der Waals surface area contributed by atoms with Crippen molar-refractivity contribution in [3.05, 3.63) is 64.5 Å². The average Bonchev–Trinajstić information content (AvgIpc) is 3.05. The first-order valence-electron chi connectivity index (χ1n) is 8.69. The number of nitrogens with one attached hydrogen (secondary N) is 3. The van der Waals surface area contributed by atoms with Gasteiger partial charge in [-0.15, -0.1) is 0 Å². The smallest absolute Gasteiger partial charge is 0.405 e. The highest BCUT2D eigenvalue weighted by molar-refractivity contribution is 7.90. The number of nitrogens with zero attached hydrogens (tertiary/aromatic N) is 2. The van der Waals surface area contributed by atoms with E-state index in [9.17, 15) is 17.6 Å². The molecule has 0 bridgehead atoms. The second-order valence-corrected chi connectivity index (χ2v) is 8.64. The predicted octanol–water partition coefficient (Wildman–Crippen LogP) is 3.25. The van der Waals surface area contributed by atoms with E-state index in [-0.39, 0.29) is 21.9 Å². The van der Waals surface area contributed by atoms with Crippen molar-refractivity contribution in [1.29, 1.82) is 0 Å². The van der Waals surface area contributed by atoms with Crippen molar-refractivity contribution in [2.24, 2.45) is 0 Å². The molecule has 4 rings (SSSR count). The Morgan fingerprint density at radius 3 is 2.70 bits per heavy atom. The van der Waals surface area contributed by atoms with Gasteiger partial charge in [-0.3, -0.25) is 4.98 Å². The molecule has 0 atom stereocenters. The zero-order chi connectivity index (χ0) is 21.5. The first-order valence-corrected chi connectivity index (χ1v) is 10.6. The molecule has 9 nitrogen and oxygen atoms in total. The fourth-order valence-corrected chi connectivity index (χ4v) is 3.46. The Morgan fingerprint density at radius 2 is 1.93 bits per heavy atom. The molecule has 0 fully saturated rings. The normalized spacial score (nSPS) is 11.6. The summed E-state index contributed by atoms with van der Waals surface area (Å²) in [4.78, 5) is 22.4. The molecule has 0 aliphatic heterocycles. The fraction of sp³-hybridized carbons (Fsp3) is 0.105. The molecular weight excluding hydrogens is 413 g/mol. The summed E-state index contributed by atoms with van der Waals surface area (Å²) in [6.45, 7) is 1.77. The maximum Gasteiger partial charge on any atom is 0.417 e. The molecular formula is C19H16FN5O4S. The fourth-order valence-electron chi connectivity index (χ4n) is 2.79. The Hall–Kier alpha value is -3.73. The number of sulfone groups is 1. The highest BCUT2D eigenvalue weighted by Crippen LogP contribution is 2.25. The summed E-state index contributed by atoms with van der Waals surface area (Å²) in [5.74, 6) is -0.832. The molecule has 0 radical (unpaired) electrons. The second-order valence-electron chi connectivity index (χ2n) is 6.62. The number of halogens is 1. The van der Waals surface area contributed by atoms with Crippen molar-refractivity contribution in [3.63, 3.8) is 0 Å². The van der Waals surface area contributed by atoms with Gasteiger partial charge in [-0.05, 0) is 31.2 Å². The van der Waals surface area contributed by atoms with Crippen molar-refractivity contribution in [3.8, 4) is 0 Å². The number of aromatic nitrogens is 3. The second kappa shape index (κ2) is 7.26. The van der Waals surface area contributed by atoms with Gasteiger partial charge in [0.25, 0.3) is 0 Å². The molecule has 3 N–H and O–H groups in total. The summed E-state index contributed by atoms with van der Waals surface area (Å²) in [7, 11) is -3.36. The first-order chi connectivity index (χ1) is 14.2. The van der Waals surface area contributed by atoms with E-state index in [0.717, 1.165) is 6.26 Å². The highest BCUT2D eigenvalue weighted by Gasteiger charge is 2.12. The van der Waals surface area contributed by atoms with Gasteiger partial charge in [0.05, 0.1) is 10.4 Å². The number of fused-ring (bicyclic) bond motifs is 1. The largest absolute Gasteiger partial charge is 0.417 e. The topological polar surface area (TPSA) is 130 Å². The van der Waals surface area contributed by atoms with Gasteiger partial charge >= 0.3 is 5.76 Å². The number of rotatable bonds is 5. The van der Waals surface area contributed by atoms with Gasteiger partial charge in [-0.2, -0.15) is 4.98 Å². The van der Waals surface area contributed by atoms with Crippen molar-refractivity contribution in [1.82, 2.24) is 15.0 Å². The number of hydrogen-bond donors (Lipinski definition) is 3. The summed E-state index contributed by atoms with van der Waals surface area (Å²) in [6.07, 6.45) is 2.69. The molecule has 2 heterocycles. The van der Waals surface area contributed by atoms with Crippen molar-refractivity contribution < 1.29 is 17.2 Å². The lowest BCUT2D eigenvalue weighted by atomic mass is 10.2. The van der Waals surface area contributed by atoms with Crippen LogP contribution >= 0.6 is 0 Å². The average molecular weight is 429 g/mol. The molecule has 154 valence electrons. The van der Waals surface area contributed by atoms with Gasteiger partial charge in [-0.25, -0.2) is 22.6 Å². The van der Waals surface area contributed by atoms with Crippen molar-refractivity contribution in [2.75, 3.05) is 16.9 Å². The Morgan fingerprint density at radius 1 is 1.13 bits per heavy atom. The van der Waals surface area contributed by atoms with E-state index >= 15 is 0 Å². The monoisotopic (exact) mass is 429 g/mol. The molecule has 0 amide bonds. The molecule has 2 aromatic carbocycles. The van der Waals surface area contributed by atoms with Crippen LogP contribution in [0.3, 0.4) is 0 Å². The first kappa shape index (κ1) is 19.6. The lowest BCUT2D eigenvalue weighted by molar-refractivity contribution is 0.523. The van der Waals surface area contributed by atoms with E-state index in [1.165, 1.54) is 24.3 Å². The lowest BCUT2D eigenvalue weighted by Crippen LogP contribution is -2.04.